The van der Waals surface area contributed by atoms with Crippen LogP contribution in [0.4, 0.5) is 5.69 Å². The van der Waals surface area contributed by atoms with Crippen LogP contribution in [-0.4, -0.2) is 68.9 Å². The van der Waals surface area contributed by atoms with Crippen molar-refractivity contribution in [2.24, 2.45) is 11.8 Å². The van der Waals surface area contributed by atoms with Crippen molar-refractivity contribution in [3.05, 3.63) is 47.3 Å². The first-order valence-electron chi connectivity index (χ1n) is 15.6. The van der Waals surface area contributed by atoms with Crippen molar-refractivity contribution in [3.63, 3.8) is 0 Å². The van der Waals surface area contributed by atoms with E-state index in [1.54, 1.807) is 7.11 Å². The Kier molecular flexibility index (Phi) is 10.3. The highest BCUT2D eigenvalue weighted by Crippen LogP contribution is 2.34. The van der Waals surface area contributed by atoms with Crippen molar-refractivity contribution >= 4 is 15.7 Å². The summed E-state index contributed by atoms with van der Waals surface area (Å²) in [6.45, 7) is 11.4. The van der Waals surface area contributed by atoms with Gasteiger partial charge < -0.3 is 14.4 Å². The second-order valence-electron chi connectivity index (χ2n) is 12.9. The number of nitrogens with zero attached hydrogens (tertiary/aromatic N) is 3. The van der Waals surface area contributed by atoms with E-state index in [2.05, 4.69) is 77.4 Å². The molecule has 42 heavy (non-hydrogen) atoms. The zero-order chi connectivity index (χ0) is 29.9. The summed E-state index contributed by atoms with van der Waals surface area (Å²) in [5, 5.41) is 11.2. The van der Waals surface area contributed by atoms with Gasteiger partial charge in [-0.25, -0.2) is 8.42 Å². The first kappa shape index (κ1) is 31.4. The second kappa shape index (κ2) is 13.7. The van der Waals surface area contributed by atoms with Gasteiger partial charge in [0.2, 0.25) is 10.0 Å². The Labute approximate surface area is 252 Å². The van der Waals surface area contributed by atoms with Gasteiger partial charge in [0.1, 0.15) is 12.5 Å². The van der Waals surface area contributed by atoms with E-state index in [1.165, 1.54) is 16.7 Å². The minimum Gasteiger partial charge on any atom is -0.383 e. The van der Waals surface area contributed by atoms with Gasteiger partial charge in [0.15, 0.2) is 0 Å². The molecule has 4 bridgehead atoms. The molecule has 2 saturated heterocycles. The molecule has 234 valence electrons. The van der Waals surface area contributed by atoms with Gasteiger partial charge in [0.25, 0.3) is 0 Å². The van der Waals surface area contributed by atoms with E-state index in [0.29, 0.717) is 44.9 Å². The number of methoxy groups -OCH3 is 1. The molecule has 1 aliphatic carbocycles. The highest BCUT2D eigenvalue weighted by molar-refractivity contribution is 7.90. The summed E-state index contributed by atoms with van der Waals surface area (Å²) in [5.41, 5.74) is 4.65. The lowest BCUT2D eigenvalue weighted by atomic mass is 9.87. The fourth-order valence-electron chi connectivity index (χ4n) is 7.11. The molecular formula is C31H50N6O4S. The molecule has 6 atom stereocenters. The lowest BCUT2D eigenvalue weighted by molar-refractivity contribution is -0.0244. The Morgan fingerprint density at radius 1 is 1.14 bits per heavy atom. The van der Waals surface area contributed by atoms with E-state index in [4.69, 9.17) is 9.47 Å². The molecule has 2 aromatic rings. The van der Waals surface area contributed by atoms with Crippen LogP contribution >= 0.6 is 0 Å². The van der Waals surface area contributed by atoms with Gasteiger partial charge in [0.05, 0.1) is 42.9 Å². The van der Waals surface area contributed by atoms with E-state index in [1.807, 2.05) is 10.9 Å². The normalized spacial score (nSPS) is 30.4. The van der Waals surface area contributed by atoms with Crippen LogP contribution in [0.5, 0.6) is 0 Å². The summed E-state index contributed by atoms with van der Waals surface area (Å²) in [5.74, 6) is 0.735. The molecule has 11 heteroatoms. The van der Waals surface area contributed by atoms with Crippen LogP contribution in [0.25, 0.3) is 0 Å². The van der Waals surface area contributed by atoms with Gasteiger partial charge in [-0.1, -0.05) is 38.5 Å². The lowest BCUT2D eigenvalue weighted by Gasteiger charge is -2.40. The van der Waals surface area contributed by atoms with Crippen LogP contribution < -0.4 is 20.3 Å². The van der Waals surface area contributed by atoms with Crippen LogP contribution in [0.2, 0.25) is 0 Å². The molecule has 1 aromatic carbocycles. The van der Waals surface area contributed by atoms with E-state index >= 15 is 0 Å². The molecule has 3 heterocycles. The van der Waals surface area contributed by atoms with Gasteiger partial charge in [-0.2, -0.15) is 9.82 Å². The highest BCUT2D eigenvalue weighted by Gasteiger charge is 2.39. The molecule has 5 rings (SSSR count). The number of anilines is 1. The Morgan fingerprint density at radius 2 is 1.93 bits per heavy atom. The van der Waals surface area contributed by atoms with Crippen molar-refractivity contribution < 1.29 is 17.9 Å². The topological polar surface area (TPSA) is 110 Å². The molecule has 3 aliphatic rings. The number of ether oxygens (including phenoxy) is 2. The predicted octanol–water partition coefficient (Wildman–Crippen LogP) is 3.81. The average Bonchev–Trinajstić information content (AvgIpc) is 3.41. The molecule has 2 aliphatic heterocycles. The Morgan fingerprint density at radius 3 is 2.67 bits per heavy atom. The fourth-order valence-corrected chi connectivity index (χ4v) is 8.77. The van der Waals surface area contributed by atoms with Crippen molar-refractivity contribution in [1.29, 1.82) is 0 Å². The smallest absolute Gasteiger partial charge is 0.216 e. The van der Waals surface area contributed by atoms with Gasteiger partial charge in [0, 0.05) is 32.3 Å². The van der Waals surface area contributed by atoms with Crippen molar-refractivity contribution in [3.8, 4) is 0 Å². The molecule has 0 amide bonds. The minimum atomic E-state index is -3.57. The van der Waals surface area contributed by atoms with Crippen LogP contribution in [0.3, 0.4) is 0 Å². The first-order chi connectivity index (χ1) is 20.1. The number of hydrogen-bond acceptors (Lipinski definition) is 8. The average molecular weight is 603 g/mol. The molecule has 1 saturated carbocycles. The Balaban J connectivity index is 1.49. The molecule has 5 unspecified atom stereocenters. The highest BCUT2D eigenvalue weighted by atomic mass is 32.2. The van der Waals surface area contributed by atoms with Crippen LogP contribution in [0.1, 0.15) is 75.1 Å². The molecule has 0 spiro atoms. The maximum Gasteiger partial charge on any atom is 0.216 e. The zero-order valence-electron chi connectivity index (χ0n) is 25.9. The Bertz CT molecular complexity index is 1260. The summed E-state index contributed by atoms with van der Waals surface area (Å²) in [4.78, 5) is 2.45. The van der Waals surface area contributed by atoms with Crippen molar-refractivity contribution in [1.82, 2.24) is 25.1 Å². The number of aromatic nitrogens is 2. The summed E-state index contributed by atoms with van der Waals surface area (Å²) in [6.07, 6.45) is 8.02. The van der Waals surface area contributed by atoms with Crippen molar-refractivity contribution in [2.45, 2.75) is 103 Å². The third kappa shape index (κ3) is 7.54. The molecule has 3 N–H and O–H groups in total. The first-order valence-corrected chi connectivity index (χ1v) is 17.2. The molecule has 10 nitrogen and oxygen atoms in total. The number of benzene rings is 1. The largest absolute Gasteiger partial charge is 0.383 e. The summed E-state index contributed by atoms with van der Waals surface area (Å²) >= 11 is 0. The van der Waals surface area contributed by atoms with E-state index in [9.17, 15) is 8.42 Å². The number of fused-ring (bicyclic) bond motifs is 4. The van der Waals surface area contributed by atoms with Gasteiger partial charge in [-0.05, 0) is 68.1 Å². The summed E-state index contributed by atoms with van der Waals surface area (Å²) in [6, 6.07) is 6.39. The monoisotopic (exact) mass is 602 g/mol. The number of sulfonamides is 1. The number of nitrogens with one attached hydrogen (secondary N) is 3. The van der Waals surface area contributed by atoms with Gasteiger partial charge in [-0.15, -0.1) is 0 Å². The molecular weight excluding hydrogens is 552 g/mol. The zero-order valence-corrected chi connectivity index (χ0v) is 26.7. The maximum atomic E-state index is 13.8. The number of aryl methyl sites for hydroxylation is 2. The maximum absolute atomic E-state index is 13.8. The van der Waals surface area contributed by atoms with Gasteiger partial charge in [-0.3, -0.25) is 15.3 Å². The van der Waals surface area contributed by atoms with Gasteiger partial charge >= 0.3 is 0 Å². The summed E-state index contributed by atoms with van der Waals surface area (Å²) in [7, 11) is -1.87. The van der Waals surface area contributed by atoms with Crippen LogP contribution in [-0.2, 0) is 26.0 Å². The second-order valence-corrected chi connectivity index (χ2v) is 14.9. The quantitative estimate of drug-likeness (QED) is 0.439. The number of hydrogen-bond donors (Lipinski definition) is 3. The third-order valence-corrected chi connectivity index (χ3v) is 11.0. The van der Waals surface area contributed by atoms with E-state index < -0.39 is 21.6 Å². The van der Waals surface area contributed by atoms with Crippen LogP contribution in [0.15, 0.2) is 30.6 Å². The number of rotatable bonds is 7. The van der Waals surface area contributed by atoms with E-state index in [0.717, 1.165) is 31.5 Å². The van der Waals surface area contributed by atoms with Crippen molar-refractivity contribution in [2.75, 3.05) is 31.8 Å². The van der Waals surface area contributed by atoms with Crippen LogP contribution in [0, 0.1) is 25.7 Å². The fraction of sp³-hybridized carbons (Fsp3) is 0.710. The standard InChI is InChI=1S/C31H50N6O4S/c1-21(2)14-25-20-41-29-16-28(30-22(3)8-6-9-23(30)4)33-31(34-29)35-42(38,39)27-11-7-10-24(15-27)18-37(25)26-17-32-36(19-26)12-13-40-5/h6,8-9,17,19,21,24-25,27-29,31,33-35H,7,10-16,18,20H2,1-5H3/t24?,25-,27?,28?,29?,31?/m1/s1. The SMILES string of the molecule is COCCn1cc(N2CC3CCCC(C3)S(=O)(=O)NC3NC(CC(c4c(C)cccc4C)N3)OC[C@H]2CC(C)C)cn1. The molecule has 1 aromatic heterocycles. The Hall–Kier alpha value is -2.02. The summed E-state index contributed by atoms with van der Waals surface area (Å²) < 4.78 is 44.5. The third-order valence-electron chi connectivity index (χ3n) is 9.12. The molecule has 0 radical (unpaired) electrons. The van der Waals surface area contributed by atoms with E-state index in [-0.39, 0.29) is 24.2 Å². The molecule has 3 fully saturated rings. The lowest BCUT2D eigenvalue weighted by Crippen LogP contribution is -2.64. The predicted molar refractivity (Wildman–Crippen MR) is 166 cm³/mol. The minimum absolute atomic E-state index is 0.0481.